The van der Waals surface area contributed by atoms with Crippen LogP contribution in [0.5, 0.6) is 0 Å². The molecule has 0 amide bonds. The molecule has 19 heavy (non-hydrogen) atoms. The summed E-state index contributed by atoms with van der Waals surface area (Å²) in [6.07, 6.45) is 4.57. The van der Waals surface area contributed by atoms with Crippen molar-refractivity contribution >= 4 is 17.3 Å². The Bertz CT molecular complexity index is 442. The van der Waals surface area contributed by atoms with Gasteiger partial charge in [0.25, 0.3) is 0 Å². The smallest absolute Gasteiger partial charge is 0.337 e. The molecule has 1 saturated heterocycles. The Hall–Kier alpha value is -1.75. The van der Waals surface area contributed by atoms with Crippen molar-refractivity contribution in [1.29, 1.82) is 0 Å². The molecule has 5 nitrogen and oxygen atoms in total. The molecule has 0 bridgehead atoms. The van der Waals surface area contributed by atoms with E-state index in [-0.39, 0.29) is 11.7 Å². The van der Waals surface area contributed by atoms with Crippen LogP contribution in [0.25, 0.3) is 0 Å². The van der Waals surface area contributed by atoms with Crippen molar-refractivity contribution in [2.45, 2.75) is 31.8 Å². The minimum atomic E-state index is -0.969. The van der Waals surface area contributed by atoms with Gasteiger partial charge in [0.2, 0.25) is 0 Å². The first-order chi connectivity index (χ1) is 9.18. The Morgan fingerprint density at radius 1 is 1.47 bits per heavy atom. The first-order valence-corrected chi connectivity index (χ1v) is 6.65. The van der Waals surface area contributed by atoms with Gasteiger partial charge in [0.15, 0.2) is 0 Å². The molecule has 0 radical (unpaired) electrons. The number of nitrogens with two attached hydrogens (primary N) is 1. The van der Waals surface area contributed by atoms with Gasteiger partial charge < -0.3 is 20.9 Å². The normalized spacial score (nSPS) is 19.1. The van der Waals surface area contributed by atoms with E-state index in [1.807, 2.05) is 0 Å². The molecule has 104 valence electrons. The third-order valence-corrected chi connectivity index (χ3v) is 3.37. The fourth-order valence-electron chi connectivity index (χ4n) is 2.34. The number of carbonyl (C=O) groups is 1. The molecule has 0 aliphatic carbocycles. The number of aromatic carboxylic acids is 1. The molecule has 1 aliphatic rings. The lowest BCUT2D eigenvalue weighted by Crippen LogP contribution is -2.22. The highest BCUT2D eigenvalue weighted by molar-refractivity contribution is 5.97. The van der Waals surface area contributed by atoms with E-state index in [4.69, 9.17) is 15.6 Å². The van der Waals surface area contributed by atoms with E-state index < -0.39 is 5.97 Å². The molecule has 0 spiro atoms. The van der Waals surface area contributed by atoms with Gasteiger partial charge in [-0.15, -0.1) is 0 Å². The van der Waals surface area contributed by atoms with Gasteiger partial charge >= 0.3 is 5.97 Å². The summed E-state index contributed by atoms with van der Waals surface area (Å²) in [6.45, 7) is 1.50. The van der Waals surface area contributed by atoms with Crippen LogP contribution in [0.1, 0.15) is 36.0 Å². The molecule has 1 aliphatic heterocycles. The highest BCUT2D eigenvalue weighted by Gasteiger charge is 2.15. The number of rotatable bonds is 5. The average Bonchev–Trinajstić information content (AvgIpc) is 2.41. The Morgan fingerprint density at radius 2 is 2.32 bits per heavy atom. The summed E-state index contributed by atoms with van der Waals surface area (Å²) in [5, 5.41) is 12.2. The molecule has 1 atom stereocenters. The molecule has 4 N–H and O–H groups in total. The van der Waals surface area contributed by atoms with Gasteiger partial charge in [0.1, 0.15) is 0 Å². The van der Waals surface area contributed by atoms with E-state index in [1.54, 1.807) is 18.2 Å². The van der Waals surface area contributed by atoms with Gasteiger partial charge in [-0.1, -0.05) is 6.07 Å². The Balaban J connectivity index is 1.93. The minimum Gasteiger partial charge on any atom is -0.478 e. The van der Waals surface area contributed by atoms with Crippen LogP contribution in [0.2, 0.25) is 0 Å². The molecule has 0 aromatic heterocycles. The molecular weight excluding hydrogens is 244 g/mol. The average molecular weight is 264 g/mol. The summed E-state index contributed by atoms with van der Waals surface area (Å²) in [7, 11) is 0. The number of nitrogens with one attached hydrogen (secondary N) is 1. The maximum Gasteiger partial charge on any atom is 0.337 e. The van der Waals surface area contributed by atoms with Gasteiger partial charge in [-0.05, 0) is 37.8 Å². The van der Waals surface area contributed by atoms with Crippen molar-refractivity contribution in [3.8, 4) is 0 Å². The Morgan fingerprint density at radius 3 is 3.00 bits per heavy atom. The Labute approximate surface area is 112 Å². The molecule has 1 aromatic carbocycles. The van der Waals surface area contributed by atoms with Crippen LogP contribution in [0.15, 0.2) is 18.2 Å². The second kappa shape index (κ2) is 6.43. The number of para-hydroxylation sites is 1. The molecule has 5 heteroatoms. The first-order valence-electron chi connectivity index (χ1n) is 6.65. The summed E-state index contributed by atoms with van der Waals surface area (Å²) in [5.41, 5.74) is 7.00. The lowest BCUT2D eigenvalue weighted by molar-refractivity contribution is 0.0134. The predicted molar refractivity (Wildman–Crippen MR) is 74.5 cm³/mol. The summed E-state index contributed by atoms with van der Waals surface area (Å²) < 4.78 is 5.64. The lowest BCUT2D eigenvalue weighted by Gasteiger charge is -2.23. The number of benzene rings is 1. The second-order valence-corrected chi connectivity index (χ2v) is 4.78. The van der Waals surface area contributed by atoms with Gasteiger partial charge in [-0.25, -0.2) is 4.79 Å². The lowest BCUT2D eigenvalue weighted by atomic mass is 10.1. The molecule has 1 unspecified atom stereocenters. The van der Waals surface area contributed by atoms with Crippen LogP contribution in [0.3, 0.4) is 0 Å². The third-order valence-electron chi connectivity index (χ3n) is 3.37. The van der Waals surface area contributed by atoms with Crippen LogP contribution in [-0.4, -0.2) is 30.3 Å². The van der Waals surface area contributed by atoms with Crippen molar-refractivity contribution in [1.82, 2.24) is 0 Å². The fraction of sp³-hybridized carbons (Fsp3) is 0.500. The van der Waals surface area contributed by atoms with Crippen molar-refractivity contribution in [3.05, 3.63) is 23.8 Å². The number of hydrogen-bond donors (Lipinski definition) is 3. The van der Waals surface area contributed by atoms with Gasteiger partial charge in [0, 0.05) is 13.2 Å². The van der Waals surface area contributed by atoms with Crippen molar-refractivity contribution in [2.24, 2.45) is 0 Å². The monoisotopic (exact) mass is 264 g/mol. The minimum absolute atomic E-state index is 0.213. The number of nitrogen functional groups attached to an aromatic ring is 1. The van der Waals surface area contributed by atoms with Crippen LogP contribution in [0, 0.1) is 0 Å². The van der Waals surface area contributed by atoms with Crippen molar-refractivity contribution in [2.75, 3.05) is 24.2 Å². The molecular formula is C14H20N2O3. The zero-order chi connectivity index (χ0) is 13.7. The molecule has 0 saturated carbocycles. The number of hydrogen-bond acceptors (Lipinski definition) is 4. The fourth-order valence-corrected chi connectivity index (χ4v) is 2.34. The largest absolute Gasteiger partial charge is 0.478 e. The summed E-state index contributed by atoms with van der Waals surface area (Å²) >= 11 is 0. The molecule has 2 rings (SSSR count). The first kappa shape index (κ1) is 13.7. The quantitative estimate of drug-likeness (QED) is 0.711. The molecule has 1 fully saturated rings. The van der Waals surface area contributed by atoms with Crippen LogP contribution < -0.4 is 11.1 Å². The summed E-state index contributed by atoms with van der Waals surface area (Å²) in [6, 6.07) is 4.90. The van der Waals surface area contributed by atoms with Crippen LogP contribution in [0.4, 0.5) is 11.4 Å². The predicted octanol–water partition coefficient (Wildman–Crippen LogP) is 2.34. The van der Waals surface area contributed by atoms with Crippen LogP contribution >= 0.6 is 0 Å². The van der Waals surface area contributed by atoms with E-state index in [0.717, 1.165) is 25.9 Å². The number of ether oxygens (including phenoxy) is 1. The number of anilines is 2. The molecule has 1 heterocycles. The molecule has 1 aromatic rings. The Kier molecular flexibility index (Phi) is 4.63. The van der Waals surface area contributed by atoms with Crippen molar-refractivity contribution in [3.63, 3.8) is 0 Å². The second-order valence-electron chi connectivity index (χ2n) is 4.78. The highest BCUT2D eigenvalue weighted by Crippen LogP contribution is 2.24. The third kappa shape index (κ3) is 3.61. The van der Waals surface area contributed by atoms with Crippen LogP contribution in [-0.2, 0) is 4.74 Å². The topological polar surface area (TPSA) is 84.6 Å². The van der Waals surface area contributed by atoms with Gasteiger partial charge in [0.05, 0.1) is 23.0 Å². The highest BCUT2D eigenvalue weighted by atomic mass is 16.5. The standard InChI is InChI=1S/C14H20N2O3/c15-12-6-3-5-11(14(17)18)13(12)16-8-7-10-4-1-2-9-19-10/h3,5-6,10,16H,1-2,4,7-9,15H2,(H,17,18). The van der Waals surface area contributed by atoms with Crippen molar-refractivity contribution < 1.29 is 14.6 Å². The zero-order valence-corrected chi connectivity index (χ0v) is 10.9. The van der Waals surface area contributed by atoms with Gasteiger partial charge in [-0.3, -0.25) is 0 Å². The summed E-state index contributed by atoms with van der Waals surface area (Å²) in [5.74, 6) is -0.969. The maximum atomic E-state index is 11.1. The maximum absolute atomic E-state index is 11.1. The number of carboxylic acids is 1. The SMILES string of the molecule is Nc1cccc(C(=O)O)c1NCCC1CCCCO1. The number of carboxylic acid groups (broad SMARTS) is 1. The van der Waals surface area contributed by atoms with Gasteiger partial charge in [-0.2, -0.15) is 0 Å². The van der Waals surface area contributed by atoms with E-state index in [2.05, 4.69) is 5.32 Å². The van der Waals surface area contributed by atoms with E-state index in [1.165, 1.54) is 6.42 Å². The van der Waals surface area contributed by atoms with E-state index in [9.17, 15) is 4.79 Å². The van der Waals surface area contributed by atoms with E-state index in [0.29, 0.717) is 17.9 Å². The zero-order valence-electron chi connectivity index (χ0n) is 10.9. The van der Waals surface area contributed by atoms with E-state index >= 15 is 0 Å². The summed E-state index contributed by atoms with van der Waals surface area (Å²) in [4.78, 5) is 11.1.